The third-order valence-corrected chi connectivity index (χ3v) is 4.55. The summed E-state index contributed by atoms with van der Waals surface area (Å²) >= 11 is 0. The van der Waals surface area contributed by atoms with Crippen molar-refractivity contribution in [1.29, 1.82) is 0 Å². The van der Waals surface area contributed by atoms with E-state index in [-0.39, 0.29) is 24.2 Å². The van der Waals surface area contributed by atoms with Crippen LogP contribution in [-0.4, -0.2) is 36.1 Å². The maximum Gasteiger partial charge on any atom is 0.241 e. The fourth-order valence-corrected chi connectivity index (χ4v) is 3.41. The quantitative estimate of drug-likeness (QED) is 0.925. The molecule has 114 valence electrons. The van der Waals surface area contributed by atoms with Crippen molar-refractivity contribution in [3.8, 4) is 0 Å². The van der Waals surface area contributed by atoms with E-state index in [1.165, 1.54) is 11.1 Å². The van der Waals surface area contributed by atoms with Gasteiger partial charge in [-0.05, 0) is 30.9 Å². The fourth-order valence-electron chi connectivity index (χ4n) is 3.41. The molecule has 2 aliphatic heterocycles. The van der Waals surface area contributed by atoms with E-state index in [0.717, 1.165) is 25.9 Å². The van der Waals surface area contributed by atoms with E-state index < -0.39 is 0 Å². The van der Waals surface area contributed by atoms with Gasteiger partial charge in [0.05, 0.1) is 18.7 Å². The zero-order valence-corrected chi connectivity index (χ0v) is 12.8. The summed E-state index contributed by atoms with van der Waals surface area (Å²) in [6.07, 6.45) is 2.83. The summed E-state index contributed by atoms with van der Waals surface area (Å²) in [5.74, 6) is 0.237. The number of rotatable bonds is 4. The van der Waals surface area contributed by atoms with E-state index in [4.69, 9.17) is 4.74 Å². The molecule has 0 spiro atoms. The topological polar surface area (TPSA) is 41.6 Å². The molecule has 0 saturated carbocycles. The van der Waals surface area contributed by atoms with Gasteiger partial charge in [0.15, 0.2) is 0 Å². The van der Waals surface area contributed by atoms with Gasteiger partial charge < -0.3 is 9.64 Å². The van der Waals surface area contributed by atoms with Gasteiger partial charge in [-0.1, -0.05) is 37.6 Å². The monoisotopic (exact) mass is 288 g/mol. The van der Waals surface area contributed by atoms with Crippen molar-refractivity contribution < 1.29 is 9.53 Å². The number of hydrogen-bond acceptors (Lipinski definition) is 3. The second-order valence-electron chi connectivity index (χ2n) is 6.03. The van der Waals surface area contributed by atoms with Gasteiger partial charge >= 0.3 is 0 Å². The molecule has 2 heterocycles. The standard InChI is InChI=1S/C17H24N2O2/c1-3-6-15-17(20)19(13-9-10-21-11-13)16(18-15)14-8-5-4-7-12(14)2/h4-5,7-8,13,15-16,18H,3,6,9-11H2,1-2H3. The lowest BCUT2D eigenvalue weighted by Gasteiger charge is -2.30. The summed E-state index contributed by atoms with van der Waals surface area (Å²) in [6.45, 7) is 5.65. The van der Waals surface area contributed by atoms with Crippen LogP contribution in [0, 0.1) is 6.92 Å². The van der Waals surface area contributed by atoms with Gasteiger partial charge in [0.25, 0.3) is 0 Å². The maximum atomic E-state index is 12.8. The minimum atomic E-state index is -0.0554. The lowest BCUT2D eigenvalue weighted by atomic mass is 10.0. The number of hydrogen-bond donors (Lipinski definition) is 1. The molecule has 1 aromatic rings. The predicted octanol–water partition coefficient (Wildman–Crippen LogP) is 2.38. The lowest BCUT2D eigenvalue weighted by molar-refractivity contribution is -0.132. The molecule has 3 unspecified atom stereocenters. The second-order valence-corrected chi connectivity index (χ2v) is 6.03. The fraction of sp³-hybridized carbons (Fsp3) is 0.588. The van der Waals surface area contributed by atoms with Crippen molar-refractivity contribution in [2.75, 3.05) is 13.2 Å². The highest BCUT2D eigenvalue weighted by molar-refractivity contribution is 5.85. The molecule has 0 radical (unpaired) electrons. The van der Waals surface area contributed by atoms with Crippen LogP contribution < -0.4 is 5.32 Å². The molecule has 2 aliphatic rings. The van der Waals surface area contributed by atoms with Crippen LogP contribution in [0.3, 0.4) is 0 Å². The van der Waals surface area contributed by atoms with E-state index >= 15 is 0 Å². The van der Waals surface area contributed by atoms with Crippen molar-refractivity contribution in [3.63, 3.8) is 0 Å². The van der Waals surface area contributed by atoms with Crippen LogP contribution >= 0.6 is 0 Å². The zero-order chi connectivity index (χ0) is 14.8. The van der Waals surface area contributed by atoms with Gasteiger partial charge in [0.2, 0.25) is 5.91 Å². The molecule has 2 fully saturated rings. The zero-order valence-electron chi connectivity index (χ0n) is 12.8. The van der Waals surface area contributed by atoms with Gasteiger partial charge in [0.1, 0.15) is 6.17 Å². The van der Waals surface area contributed by atoms with Crippen molar-refractivity contribution in [1.82, 2.24) is 10.2 Å². The molecule has 0 aromatic heterocycles. The molecule has 1 N–H and O–H groups in total. The third kappa shape index (κ3) is 2.70. The molecule has 4 nitrogen and oxygen atoms in total. The summed E-state index contributed by atoms with van der Waals surface area (Å²) < 4.78 is 5.51. The molecule has 0 bridgehead atoms. The van der Waals surface area contributed by atoms with Crippen LogP contribution in [0.15, 0.2) is 24.3 Å². The van der Waals surface area contributed by atoms with Gasteiger partial charge in [0, 0.05) is 6.61 Å². The molecule has 1 aromatic carbocycles. The SMILES string of the molecule is CCCC1NC(c2ccccc2C)N(C2CCOC2)C1=O. The number of ether oxygens (including phenoxy) is 1. The van der Waals surface area contributed by atoms with Crippen LogP contribution in [0.4, 0.5) is 0 Å². The van der Waals surface area contributed by atoms with Crippen molar-refractivity contribution in [2.45, 2.75) is 51.4 Å². The van der Waals surface area contributed by atoms with Gasteiger partial charge in [-0.15, -0.1) is 0 Å². The van der Waals surface area contributed by atoms with Gasteiger partial charge in [-0.2, -0.15) is 0 Å². The van der Waals surface area contributed by atoms with Crippen LogP contribution in [0.5, 0.6) is 0 Å². The third-order valence-electron chi connectivity index (χ3n) is 4.55. The minimum Gasteiger partial charge on any atom is -0.379 e. The normalized spacial score (nSPS) is 29.3. The number of benzene rings is 1. The van der Waals surface area contributed by atoms with Crippen LogP contribution in [0.2, 0.25) is 0 Å². The Hall–Kier alpha value is -1.39. The molecule has 0 aliphatic carbocycles. The van der Waals surface area contributed by atoms with E-state index in [9.17, 15) is 4.79 Å². The first-order chi connectivity index (χ1) is 10.2. The Morgan fingerprint density at radius 2 is 2.19 bits per heavy atom. The Morgan fingerprint density at radius 1 is 1.38 bits per heavy atom. The number of nitrogens with one attached hydrogen (secondary N) is 1. The molecule has 3 rings (SSSR count). The predicted molar refractivity (Wildman–Crippen MR) is 81.8 cm³/mol. The smallest absolute Gasteiger partial charge is 0.241 e. The number of carbonyl (C=O) groups is 1. The largest absolute Gasteiger partial charge is 0.379 e. The Morgan fingerprint density at radius 3 is 2.86 bits per heavy atom. The molecular formula is C17H24N2O2. The summed E-state index contributed by atoms with van der Waals surface area (Å²) in [6, 6.07) is 8.47. The summed E-state index contributed by atoms with van der Waals surface area (Å²) in [7, 11) is 0. The van der Waals surface area contributed by atoms with Crippen LogP contribution in [-0.2, 0) is 9.53 Å². The van der Waals surface area contributed by atoms with Crippen molar-refractivity contribution in [3.05, 3.63) is 35.4 Å². The highest BCUT2D eigenvalue weighted by Crippen LogP contribution is 2.32. The van der Waals surface area contributed by atoms with Gasteiger partial charge in [-0.3, -0.25) is 10.1 Å². The summed E-state index contributed by atoms with van der Waals surface area (Å²) in [4.78, 5) is 14.8. The van der Waals surface area contributed by atoms with Crippen LogP contribution in [0.1, 0.15) is 43.5 Å². The Bertz CT molecular complexity index is 511. The summed E-state index contributed by atoms with van der Waals surface area (Å²) in [5, 5.41) is 3.55. The first kappa shape index (κ1) is 14.5. The highest BCUT2D eigenvalue weighted by atomic mass is 16.5. The molecule has 3 atom stereocenters. The average Bonchev–Trinajstić information content (AvgIpc) is 3.09. The highest BCUT2D eigenvalue weighted by Gasteiger charge is 2.43. The first-order valence-electron chi connectivity index (χ1n) is 7.94. The number of aryl methyl sites for hydroxylation is 1. The van der Waals surface area contributed by atoms with Gasteiger partial charge in [-0.25, -0.2) is 0 Å². The maximum absolute atomic E-state index is 12.8. The first-order valence-corrected chi connectivity index (χ1v) is 7.94. The number of nitrogens with zero attached hydrogens (tertiary/aromatic N) is 1. The van der Waals surface area contributed by atoms with Crippen molar-refractivity contribution >= 4 is 5.91 Å². The van der Waals surface area contributed by atoms with E-state index in [0.29, 0.717) is 6.61 Å². The second kappa shape index (κ2) is 6.16. The number of amides is 1. The van der Waals surface area contributed by atoms with E-state index in [1.807, 2.05) is 17.0 Å². The van der Waals surface area contributed by atoms with Crippen LogP contribution in [0.25, 0.3) is 0 Å². The Kier molecular flexibility index (Phi) is 4.27. The number of carbonyl (C=O) groups excluding carboxylic acids is 1. The van der Waals surface area contributed by atoms with E-state index in [1.54, 1.807) is 0 Å². The molecule has 1 amide bonds. The summed E-state index contributed by atoms with van der Waals surface area (Å²) in [5.41, 5.74) is 2.43. The molecular weight excluding hydrogens is 264 g/mol. The van der Waals surface area contributed by atoms with E-state index in [2.05, 4.69) is 31.3 Å². The molecule has 4 heteroatoms. The van der Waals surface area contributed by atoms with Crippen molar-refractivity contribution in [2.24, 2.45) is 0 Å². The molecule has 21 heavy (non-hydrogen) atoms. The Labute approximate surface area is 126 Å². The average molecular weight is 288 g/mol. The Balaban J connectivity index is 1.92. The minimum absolute atomic E-state index is 0.0121. The molecule has 2 saturated heterocycles. The lowest BCUT2D eigenvalue weighted by Crippen LogP contribution is -2.40.